The largest absolute Gasteiger partial charge is 0.396 e. The van der Waals surface area contributed by atoms with Crippen LogP contribution in [-0.2, 0) is 6.54 Å². The van der Waals surface area contributed by atoms with Gasteiger partial charge < -0.3 is 10.2 Å². The third kappa shape index (κ3) is 4.98. The molecule has 0 amide bonds. The Morgan fingerprint density at radius 3 is 2.39 bits per heavy atom. The van der Waals surface area contributed by atoms with Crippen LogP contribution in [0.3, 0.4) is 0 Å². The minimum absolute atomic E-state index is 0.0275. The van der Waals surface area contributed by atoms with Crippen molar-refractivity contribution in [3.8, 4) is 0 Å². The lowest BCUT2D eigenvalue weighted by Crippen LogP contribution is -2.35. The molecule has 3 nitrogen and oxygen atoms in total. The molecule has 0 radical (unpaired) electrons. The molecule has 1 aromatic rings. The number of hydrogen-bond acceptors (Lipinski definition) is 4. The summed E-state index contributed by atoms with van der Waals surface area (Å²) < 4.78 is 0. The second kappa shape index (κ2) is 8.53. The molecule has 0 spiro atoms. The van der Waals surface area contributed by atoms with Crippen LogP contribution in [0.15, 0.2) is 29.2 Å². The Labute approximate surface area is 114 Å². The third-order valence-corrected chi connectivity index (χ3v) is 3.86. The number of thioether (sulfide) groups is 1. The zero-order valence-corrected chi connectivity index (χ0v) is 12.0. The normalized spacial score (nSPS) is 12.9. The van der Waals surface area contributed by atoms with Crippen molar-refractivity contribution in [1.82, 2.24) is 4.90 Å². The van der Waals surface area contributed by atoms with Gasteiger partial charge in [0.2, 0.25) is 0 Å². The molecule has 0 aliphatic heterocycles. The third-order valence-electron chi connectivity index (χ3n) is 2.96. The summed E-state index contributed by atoms with van der Waals surface area (Å²) in [5, 5.41) is 18.2. The van der Waals surface area contributed by atoms with Gasteiger partial charge in [0, 0.05) is 24.1 Å². The Morgan fingerprint density at radius 2 is 1.89 bits per heavy atom. The lowest BCUT2D eigenvalue weighted by atomic mass is 10.1. The maximum Gasteiger partial charge on any atom is 0.0587 e. The van der Waals surface area contributed by atoms with E-state index < -0.39 is 0 Å². The molecule has 4 heteroatoms. The van der Waals surface area contributed by atoms with Crippen LogP contribution in [0.5, 0.6) is 0 Å². The summed E-state index contributed by atoms with van der Waals surface area (Å²) in [6, 6.07) is 8.55. The monoisotopic (exact) mass is 269 g/mol. The number of aliphatic hydroxyl groups is 2. The number of benzene rings is 1. The highest BCUT2D eigenvalue weighted by Crippen LogP contribution is 2.18. The van der Waals surface area contributed by atoms with Crippen molar-refractivity contribution in [2.24, 2.45) is 0 Å². The van der Waals surface area contributed by atoms with Crippen LogP contribution < -0.4 is 0 Å². The molecule has 0 aliphatic carbocycles. The van der Waals surface area contributed by atoms with Crippen molar-refractivity contribution >= 4 is 11.8 Å². The highest BCUT2D eigenvalue weighted by molar-refractivity contribution is 7.99. The number of likely N-dealkylation sites (N-methyl/N-ethyl adjacent to an activating group) is 1. The summed E-state index contributed by atoms with van der Waals surface area (Å²) >= 11 is 1.84. The van der Waals surface area contributed by atoms with Crippen LogP contribution in [0.2, 0.25) is 0 Å². The average molecular weight is 269 g/mol. The second-order valence-electron chi connectivity index (χ2n) is 4.34. The highest BCUT2D eigenvalue weighted by Gasteiger charge is 2.13. The SMILES string of the molecule is CCSc1ccc(CN(C)C(CO)CCO)cc1. The first-order valence-corrected chi connectivity index (χ1v) is 7.33. The van der Waals surface area contributed by atoms with Gasteiger partial charge in [0.1, 0.15) is 0 Å². The predicted octanol–water partition coefficient (Wildman–Crippen LogP) is 1.97. The second-order valence-corrected chi connectivity index (χ2v) is 5.68. The van der Waals surface area contributed by atoms with E-state index in [4.69, 9.17) is 5.11 Å². The van der Waals surface area contributed by atoms with Gasteiger partial charge in [0.15, 0.2) is 0 Å². The Kier molecular flexibility index (Phi) is 7.35. The van der Waals surface area contributed by atoms with E-state index in [2.05, 4.69) is 36.1 Å². The molecule has 0 saturated carbocycles. The van der Waals surface area contributed by atoms with Gasteiger partial charge in [-0.2, -0.15) is 0 Å². The van der Waals surface area contributed by atoms with Crippen LogP contribution in [-0.4, -0.2) is 47.2 Å². The van der Waals surface area contributed by atoms with E-state index in [1.807, 2.05) is 18.8 Å². The van der Waals surface area contributed by atoms with Gasteiger partial charge in [-0.25, -0.2) is 0 Å². The summed E-state index contributed by atoms with van der Waals surface area (Å²) in [6.45, 7) is 3.14. The molecule has 1 atom stereocenters. The van der Waals surface area contributed by atoms with Crippen LogP contribution in [0, 0.1) is 0 Å². The first-order valence-electron chi connectivity index (χ1n) is 6.35. The van der Waals surface area contributed by atoms with E-state index in [9.17, 15) is 5.11 Å². The van der Waals surface area contributed by atoms with Crippen LogP contribution in [0.25, 0.3) is 0 Å². The van der Waals surface area contributed by atoms with Crippen LogP contribution in [0.4, 0.5) is 0 Å². The molecule has 0 saturated heterocycles. The molecule has 0 fully saturated rings. The molecule has 1 unspecified atom stereocenters. The first kappa shape index (κ1) is 15.5. The number of hydrogen-bond donors (Lipinski definition) is 2. The molecule has 102 valence electrons. The van der Waals surface area contributed by atoms with Gasteiger partial charge in [-0.15, -0.1) is 11.8 Å². The fourth-order valence-corrected chi connectivity index (χ4v) is 2.54. The molecule has 1 rings (SSSR count). The Bertz CT molecular complexity index is 329. The van der Waals surface area contributed by atoms with E-state index in [1.165, 1.54) is 10.5 Å². The summed E-state index contributed by atoms with van der Waals surface area (Å²) in [5.74, 6) is 1.09. The molecule has 2 N–H and O–H groups in total. The zero-order chi connectivity index (χ0) is 13.4. The van der Waals surface area contributed by atoms with E-state index in [1.54, 1.807) is 0 Å². The fourth-order valence-electron chi connectivity index (χ4n) is 1.87. The van der Waals surface area contributed by atoms with Crippen LogP contribution >= 0.6 is 11.8 Å². The topological polar surface area (TPSA) is 43.7 Å². The van der Waals surface area contributed by atoms with Gasteiger partial charge in [0.25, 0.3) is 0 Å². The maximum absolute atomic E-state index is 9.26. The minimum atomic E-state index is 0.0275. The van der Waals surface area contributed by atoms with Gasteiger partial charge in [-0.1, -0.05) is 19.1 Å². The number of aliphatic hydroxyl groups excluding tert-OH is 2. The van der Waals surface area contributed by atoms with Gasteiger partial charge in [-0.3, -0.25) is 4.90 Å². The fraction of sp³-hybridized carbons (Fsp3) is 0.571. The van der Waals surface area contributed by atoms with Crippen molar-refractivity contribution in [2.45, 2.75) is 30.8 Å². The molecule has 18 heavy (non-hydrogen) atoms. The smallest absolute Gasteiger partial charge is 0.0587 e. The molecule has 0 heterocycles. The van der Waals surface area contributed by atoms with E-state index >= 15 is 0 Å². The van der Waals surface area contributed by atoms with E-state index in [-0.39, 0.29) is 19.3 Å². The Hall–Kier alpha value is -0.550. The molecule has 0 bridgehead atoms. The summed E-state index contributed by atoms with van der Waals surface area (Å²) in [7, 11) is 1.98. The van der Waals surface area contributed by atoms with Gasteiger partial charge in [0.05, 0.1) is 6.61 Å². The van der Waals surface area contributed by atoms with E-state index in [0.29, 0.717) is 6.42 Å². The standard InChI is InChI=1S/C14H23NO2S/c1-3-18-14-6-4-12(5-7-14)10-15(2)13(11-17)8-9-16/h4-7,13,16-17H,3,8-11H2,1-2H3. The Balaban J connectivity index is 2.55. The van der Waals surface area contributed by atoms with Crippen molar-refractivity contribution in [3.63, 3.8) is 0 Å². The van der Waals surface area contributed by atoms with Gasteiger partial charge >= 0.3 is 0 Å². The molecule has 0 aromatic heterocycles. The lowest BCUT2D eigenvalue weighted by Gasteiger charge is -2.25. The lowest BCUT2D eigenvalue weighted by molar-refractivity contribution is 0.115. The Morgan fingerprint density at radius 1 is 1.22 bits per heavy atom. The summed E-state index contributed by atoms with van der Waals surface area (Å²) in [4.78, 5) is 3.37. The van der Waals surface area contributed by atoms with Crippen LogP contribution in [0.1, 0.15) is 18.9 Å². The molecular formula is C14H23NO2S. The number of nitrogens with zero attached hydrogens (tertiary/aromatic N) is 1. The van der Waals surface area contributed by atoms with Crippen molar-refractivity contribution in [1.29, 1.82) is 0 Å². The summed E-state index contributed by atoms with van der Waals surface area (Å²) in [5.41, 5.74) is 1.23. The molecule has 1 aromatic carbocycles. The van der Waals surface area contributed by atoms with Crippen molar-refractivity contribution < 1.29 is 10.2 Å². The van der Waals surface area contributed by atoms with Crippen molar-refractivity contribution in [2.75, 3.05) is 26.0 Å². The van der Waals surface area contributed by atoms with Gasteiger partial charge in [-0.05, 0) is 36.9 Å². The predicted molar refractivity (Wildman–Crippen MR) is 76.9 cm³/mol. The maximum atomic E-state index is 9.26. The number of rotatable bonds is 8. The zero-order valence-electron chi connectivity index (χ0n) is 11.2. The summed E-state index contributed by atoms with van der Waals surface area (Å²) in [6.07, 6.45) is 0.608. The first-order chi connectivity index (χ1) is 8.71. The quantitative estimate of drug-likeness (QED) is 0.708. The molecule has 0 aliphatic rings. The average Bonchev–Trinajstić information content (AvgIpc) is 2.38. The van der Waals surface area contributed by atoms with Crippen molar-refractivity contribution in [3.05, 3.63) is 29.8 Å². The van der Waals surface area contributed by atoms with E-state index in [0.717, 1.165) is 12.3 Å². The highest BCUT2D eigenvalue weighted by atomic mass is 32.2. The minimum Gasteiger partial charge on any atom is -0.396 e. The molecular weight excluding hydrogens is 246 g/mol.